The Morgan fingerprint density at radius 3 is 2.65 bits per heavy atom. The summed E-state index contributed by atoms with van der Waals surface area (Å²) >= 11 is 0. The van der Waals surface area contributed by atoms with E-state index in [1.54, 1.807) is 33.1 Å². The van der Waals surface area contributed by atoms with Crippen LogP contribution in [0.5, 0.6) is 5.75 Å². The largest absolute Gasteiger partial charge is 0.497 e. The number of aromatic nitrogens is 1. The van der Waals surface area contributed by atoms with Crippen molar-refractivity contribution in [3.63, 3.8) is 0 Å². The second kappa shape index (κ2) is 6.32. The Morgan fingerprint density at radius 2 is 2.08 bits per heavy atom. The molecule has 0 radical (unpaired) electrons. The molecule has 1 fully saturated rings. The summed E-state index contributed by atoms with van der Waals surface area (Å²) in [4.78, 5) is 27.8. The van der Waals surface area contributed by atoms with Crippen molar-refractivity contribution in [1.82, 2.24) is 10.3 Å². The molecule has 1 aromatic carbocycles. The van der Waals surface area contributed by atoms with Crippen LogP contribution in [-0.4, -0.2) is 47.3 Å². The standard InChI is InChI=1S/C19H24N2O5/c1-5-26-15-10-19(17(23)24,18(15,2)3)21-16(22)14-9-11-8-12(25-4)6-7-13(11)20-14/h6-9,15,20H,5,10H2,1-4H3,(H,21,22)(H,23,24). The molecule has 3 rings (SSSR count). The highest BCUT2D eigenvalue weighted by Crippen LogP contribution is 2.51. The number of benzene rings is 1. The molecule has 1 aliphatic carbocycles. The zero-order valence-corrected chi connectivity index (χ0v) is 15.4. The summed E-state index contributed by atoms with van der Waals surface area (Å²) in [6.45, 7) is 5.98. The Balaban J connectivity index is 1.87. The maximum atomic E-state index is 12.8. The van der Waals surface area contributed by atoms with Gasteiger partial charge in [-0.25, -0.2) is 4.79 Å². The Hall–Kier alpha value is -2.54. The fourth-order valence-corrected chi connectivity index (χ4v) is 3.66. The van der Waals surface area contributed by atoms with Crippen LogP contribution in [0.3, 0.4) is 0 Å². The zero-order valence-electron chi connectivity index (χ0n) is 15.4. The highest BCUT2D eigenvalue weighted by molar-refractivity contribution is 6.01. The predicted molar refractivity (Wildman–Crippen MR) is 96.5 cm³/mol. The summed E-state index contributed by atoms with van der Waals surface area (Å²) in [5.41, 5.74) is -0.997. The topological polar surface area (TPSA) is 101 Å². The van der Waals surface area contributed by atoms with E-state index >= 15 is 0 Å². The number of carboxylic acids is 1. The number of hydrogen-bond donors (Lipinski definition) is 3. The van der Waals surface area contributed by atoms with Crippen molar-refractivity contribution >= 4 is 22.8 Å². The fraction of sp³-hybridized carbons (Fsp3) is 0.474. The van der Waals surface area contributed by atoms with Crippen LogP contribution in [0.25, 0.3) is 10.9 Å². The normalized spacial score (nSPS) is 24.1. The van der Waals surface area contributed by atoms with Crippen molar-refractivity contribution in [2.24, 2.45) is 5.41 Å². The third-order valence-electron chi connectivity index (χ3n) is 5.53. The van der Waals surface area contributed by atoms with Crippen LogP contribution in [0.4, 0.5) is 0 Å². The molecule has 2 atom stereocenters. The molecule has 1 heterocycles. The monoisotopic (exact) mass is 360 g/mol. The molecule has 0 aliphatic heterocycles. The van der Waals surface area contributed by atoms with Gasteiger partial charge in [-0.1, -0.05) is 13.8 Å². The number of ether oxygens (including phenoxy) is 2. The third kappa shape index (κ3) is 2.63. The van der Waals surface area contributed by atoms with Gasteiger partial charge in [0.25, 0.3) is 5.91 Å². The van der Waals surface area contributed by atoms with Crippen LogP contribution in [0, 0.1) is 5.41 Å². The molecular formula is C19H24N2O5. The van der Waals surface area contributed by atoms with Crippen LogP contribution in [0.15, 0.2) is 24.3 Å². The smallest absolute Gasteiger partial charge is 0.330 e. The van der Waals surface area contributed by atoms with Gasteiger partial charge in [0, 0.05) is 29.3 Å². The van der Waals surface area contributed by atoms with E-state index in [2.05, 4.69) is 10.3 Å². The number of rotatable bonds is 6. The van der Waals surface area contributed by atoms with Crippen LogP contribution < -0.4 is 10.1 Å². The molecule has 0 bridgehead atoms. The molecule has 1 amide bonds. The number of methoxy groups -OCH3 is 1. The minimum atomic E-state index is -1.36. The quantitative estimate of drug-likeness (QED) is 0.735. The van der Waals surface area contributed by atoms with Gasteiger partial charge in [0.05, 0.1) is 13.2 Å². The number of hydrogen-bond acceptors (Lipinski definition) is 4. The first-order valence-electron chi connectivity index (χ1n) is 8.59. The van der Waals surface area contributed by atoms with E-state index < -0.39 is 22.8 Å². The molecule has 7 nitrogen and oxygen atoms in total. The van der Waals surface area contributed by atoms with Gasteiger partial charge in [0.1, 0.15) is 17.0 Å². The third-order valence-corrected chi connectivity index (χ3v) is 5.53. The first kappa shape index (κ1) is 18.3. The van der Waals surface area contributed by atoms with E-state index in [4.69, 9.17) is 9.47 Å². The molecule has 2 aromatic rings. The van der Waals surface area contributed by atoms with Gasteiger partial charge in [-0.3, -0.25) is 4.79 Å². The SMILES string of the molecule is CCOC1CC(NC(=O)c2cc3cc(OC)ccc3[nH]2)(C(=O)O)C1(C)C. The van der Waals surface area contributed by atoms with E-state index in [-0.39, 0.29) is 12.5 Å². The minimum Gasteiger partial charge on any atom is -0.497 e. The van der Waals surface area contributed by atoms with Gasteiger partial charge in [-0.05, 0) is 31.2 Å². The molecule has 0 saturated heterocycles. The van der Waals surface area contributed by atoms with Gasteiger partial charge in [0.15, 0.2) is 0 Å². The Morgan fingerprint density at radius 1 is 1.35 bits per heavy atom. The van der Waals surface area contributed by atoms with Crippen molar-refractivity contribution < 1.29 is 24.2 Å². The number of carbonyl (C=O) groups is 2. The minimum absolute atomic E-state index is 0.212. The number of aliphatic carboxylic acids is 1. The zero-order chi connectivity index (χ0) is 19.1. The number of H-pyrrole nitrogens is 1. The van der Waals surface area contributed by atoms with Crippen molar-refractivity contribution in [2.45, 2.75) is 38.8 Å². The van der Waals surface area contributed by atoms with Crippen molar-refractivity contribution in [1.29, 1.82) is 0 Å². The summed E-state index contributed by atoms with van der Waals surface area (Å²) < 4.78 is 10.8. The average Bonchev–Trinajstić information content (AvgIpc) is 3.03. The number of fused-ring (bicyclic) bond motifs is 1. The van der Waals surface area contributed by atoms with Crippen LogP contribution >= 0.6 is 0 Å². The van der Waals surface area contributed by atoms with Crippen molar-refractivity contribution in [3.8, 4) is 5.75 Å². The van der Waals surface area contributed by atoms with Gasteiger partial charge < -0.3 is 24.9 Å². The lowest BCUT2D eigenvalue weighted by Gasteiger charge is -2.58. The Labute approximate surface area is 151 Å². The first-order chi connectivity index (χ1) is 12.2. The molecule has 1 aliphatic rings. The van der Waals surface area contributed by atoms with Crippen LogP contribution in [0.2, 0.25) is 0 Å². The molecule has 26 heavy (non-hydrogen) atoms. The average molecular weight is 360 g/mol. The molecule has 3 N–H and O–H groups in total. The second-order valence-corrected chi connectivity index (χ2v) is 7.17. The molecule has 7 heteroatoms. The maximum Gasteiger partial charge on any atom is 0.330 e. The lowest BCUT2D eigenvalue weighted by Crippen LogP contribution is -2.76. The van der Waals surface area contributed by atoms with E-state index in [1.807, 2.05) is 19.1 Å². The van der Waals surface area contributed by atoms with Gasteiger partial charge >= 0.3 is 5.97 Å². The van der Waals surface area contributed by atoms with E-state index in [0.29, 0.717) is 18.1 Å². The summed E-state index contributed by atoms with van der Waals surface area (Å²) in [5.74, 6) is -0.819. The van der Waals surface area contributed by atoms with Gasteiger partial charge in [-0.2, -0.15) is 0 Å². The van der Waals surface area contributed by atoms with Gasteiger partial charge in [-0.15, -0.1) is 0 Å². The van der Waals surface area contributed by atoms with Crippen LogP contribution in [-0.2, 0) is 9.53 Å². The lowest BCUT2D eigenvalue weighted by atomic mass is 9.54. The lowest BCUT2D eigenvalue weighted by molar-refractivity contribution is -0.190. The van der Waals surface area contributed by atoms with E-state index in [1.165, 1.54) is 0 Å². The summed E-state index contributed by atoms with van der Waals surface area (Å²) in [7, 11) is 1.57. The van der Waals surface area contributed by atoms with Gasteiger partial charge in [0.2, 0.25) is 0 Å². The first-order valence-corrected chi connectivity index (χ1v) is 8.59. The summed E-state index contributed by atoms with van der Waals surface area (Å²) in [6.07, 6.45) is 0.0269. The van der Waals surface area contributed by atoms with Crippen molar-refractivity contribution in [2.75, 3.05) is 13.7 Å². The number of aromatic amines is 1. The summed E-state index contributed by atoms with van der Waals surface area (Å²) in [6, 6.07) is 7.11. The molecule has 0 spiro atoms. The summed E-state index contributed by atoms with van der Waals surface area (Å²) in [5, 5.41) is 13.4. The highest BCUT2D eigenvalue weighted by Gasteiger charge is 2.66. The van der Waals surface area contributed by atoms with E-state index in [9.17, 15) is 14.7 Å². The molecule has 1 aromatic heterocycles. The molecular weight excluding hydrogens is 336 g/mol. The Kier molecular flexibility index (Phi) is 4.44. The predicted octanol–water partition coefficient (Wildman–Crippen LogP) is 2.56. The van der Waals surface area contributed by atoms with Crippen molar-refractivity contribution in [3.05, 3.63) is 30.0 Å². The second-order valence-electron chi connectivity index (χ2n) is 7.17. The fourth-order valence-electron chi connectivity index (χ4n) is 3.66. The number of carbonyl (C=O) groups excluding carboxylic acids is 1. The van der Waals surface area contributed by atoms with Crippen LogP contribution in [0.1, 0.15) is 37.7 Å². The number of carboxylic acid groups (broad SMARTS) is 1. The molecule has 2 unspecified atom stereocenters. The number of amides is 1. The molecule has 140 valence electrons. The van der Waals surface area contributed by atoms with E-state index in [0.717, 1.165) is 10.9 Å². The number of nitrogens with one attached hydrogen (secondary N) is 2. The maximum absolute atomic E-state index is 12.8. The molecule has 1 saturated carbocycles. The highest BCUT2D eigenvalue weighted by atomic mass is 16.5. The Bertz CT molecular complexity index is 857.